The van der Waals surface area contributed by atoms with Crippen molar-refractivity contribution in [3.8, 4) is 0 Å². The maximum Gasteiger partial charge on any atom is 0.133 e. The second-order valence-electron chi connectivity index (χ2n) is 4.55. The second-order valence-corrected chi connectivity index (χ2v) is 4.55. The molecular formula is C10H16O2. The molecule has 0 saturated heterocycles. The molecule has 1 saturated carbocycles. The minimum atomic E-state index is -0.128. The van der Waals surface area contributed by atoms with Crippen LogP contribution in [-0.4, -0.2) is 12.1 Å². The van der Waals surface area contributed by atoms with Crippen LogP contribution < -0.4 is 0 Å². The van der Waals surface area contributed by atoms with Crippen molar-refractivity contribution in [1.29, 1.82) is 0 Å². The summed E-state index contributed by atoms with van der Waals surface area (Å²) in [5, 5.41) is 0. The SMILES string of the molecule is CC1CC(=O)CC(C)(C)C1C=O. The molecule has 0 aliphatic heterocycles. The highest BCUT2D eigenvalue weighted by Crippen LogP contribution is 2.40. The molecule has 68 valence electrons. The summed E-state index contributed by atoms with van der Waals surface area (Å²) in [7, 11) is 0. The summed E-state index contributed by atoms with van der Waals surface area (Å²) in [5.41, 5.74) is -0.128. The van der Waals surface area contributed by atoms with E-state index in [1.54, 1.807) is 0 Å². The summed E-state index contributed by atoms with van der Waals surface area (Å²) in [4.78, 5) is 22.0. The Morgan fingerprint density at radius 2 is 2.08 bits per heavy atom. The zero-order valence-electron chi connectivity index (χ0n) is 7.96. The van der Waals surface area contributed by atoms with E-state index in [-0.39, 0.29) is 17.3 Å². The van der Waals surface area contributed by atoms with Gasteiger partial charge in [0.05, 0.1) is 0 Å². The van der Waals surface area contributed by atoms with Crippen molar-refractivity contribution in [2.24, 2.45) is 17.3 Å². The Morgan fingerprint density at radius 1 is 1.50 bits per heavy atom. The molecule has 2 unspecified atom stereocenters. The average molecular weight is 168 g/mol. The van der Waals surface area contributed by atoms with Crippen molar-refractivity contribution in [3.63, 3.8) is 0 Å². The first-order valence-corrected chi connectivity index (χ1v) is 4.44. The fourth-order valence-electron chi connectivity index (χ4n) is 2.27. The summed E-state index contributed by atoms with van der Waals surface area (Å²) >= 11 is 0. The predicted octanol–water partition coefficient (Wildman–Crippen LogP) is 1.83. The first kappa shape index (κ1) is 9.43. The van der Waals surface area contributed by atoms with E-state index in [4.69, 9.17) is 0 Å². The quantitative estimate of drug-likeness (QED) is 0.560. The highest BCUT2D eigenvalue weighted by Gasteiger charge is 2.40. The number of hydrogen-bond donors (Lipinski definition) is 0. The minimum absolute atomic E-state index is 0.0511. The molecule has 1 aliphatic rings. The summed E-state index contributed by atoms with van der Waals surface area (Å²) in [5.74, 6) is 0.569. The molecule has 0 amide bonds. The third kappa shape index (κ3) is 1.57. The molecule has 0 N–H and O–H groups in total. The van der Waals surface area contributed by atoms with Crippen LogP contribution in [-0.2, 0) is 9.59 Å². The Balaban J connectivity index is 2.84. The highest BCUT2D eigenvalue weighted by atomic mass is 16.1. The van der Waals surface area contributed by atoms with E-state index in [0.29, 0.717) is 18.6 Å². The van der Waals surface area contributed by atoms with E-state index in [9.17, 15) is 9.59 Å². The number of aldehydes is 1. The standard InChI is InChI=1S/C10H16O2/c1-7-4-8(12)5-10(2,3)9(7)6-11/h6-7,9H,4-5H2,1-3H3. The molecule has 0 radical (unpaired) electrons. The molecule has 0 heterocycles. The third-order valence-electron chi connectivity index (χ3n) is 2.86. The van der Waals surface area contributed by atoms with Crippen LogP contribution in [0.2, 0.25) is 0 Å². The monoisotopic (exact) mass is 168 g/mol. The molecule has 0 aromatic rings. The molecule has 0 spiro atoms. The van der Waals surface area contributed by atoms with E-state index in [0.717, 1.165) is 6.29 Å². The van der Waals surface area contributed by atoms with Crippen LogP contribution in [0.25, 0.3) is 0 Å². The molecule has 1 aliphatic carbocycles. The number of hydrogen-bond acceptors (Lipinski definition) is 2. The maximum atomic E-state index is 11.2. The first-order chi connectivity index (χ1) is 5.47. The summed E-state index contributed by atoms with van der Waals surface area (Å²) < 4.78 is 0. The Kier molecular flexibility index (Phi) is 2.36. The van der Waals surface area contributed by atoms with Crippen LogP contribution in [0, 0.1) is 17.3 Å². The van der Waals surface area contributed by atoms with Crippen molar-refractivity contribution in [1.82, 2.24) is 0 Å². The minimum Gasteiger partial charge on any atom is -0.303 e. The molecular weight excluding hydrogens is 152 g/mol. The lowest BCUT2D eigenvalue weighted by Gasteiger charge is -2.38. The lowest BCUT2D eigenvalue weighted by Crippen LogP contribution is -2.38. The Morgan fingerprint density at radius 3 is 2.50 bits per heavy atom. The van der Waals surface area contributed by atoms with E-state index < -0.39 is 0 Å². The summed E-state index contributed by atoms with van der Waals surface area (Å²) in [6, 6.07) is 0. The van der Waals surface area contributed by atoms with Gasteiger partial charge in [0.2, 0.25) is 0 Å². The molecule has 1 rings (SSSR count). The summed E-state index contributed by atoms with van der Waals surface area (Å²) in [6.45, 7) is 5.98. The predicted molar refractivity (Wildman–Crippen MR) is 46.7 cm³/mol. The zero-order chi connectivity index (χ0) is 9.35. The van der Waals surface area contributed by atoms with Gasteiger partial charge >= 0.3 is 0 Å². The van der Waals surface area contributed by atoms with Gasteiger partial charge in [-0.1, -0.05) is 20.8 Å². The van der Waals surface area contributed by atoms with Crippen molar-refractivity contribution in [2.45, 2.75) is 33.6 Å². The fraction of sp³-hybridized carbons (Fsp3) is 0.800. The largest absolute Gasteiger partial charge is 0.303 e. The topological polar surface area (TPSA) is 34.1 Å². The third-order valence-corrected chi connectivity index (χ3v) is 2.86. The van der Waals surface area contributed by atoms with Crippen LogP contribution in [0.3, 0.4) is 0 Å². The Hall–Kier alpha value is -0.660. The fourth-order valence-corrected chi connectivity index (χ4v) is 2.27. The average Bonchev–Trinajstić information content (AvgIpc) is 1.82. The normalized spacial score (nSPS) is 34.8. The van der Waals surface area contributed by atoms with Crippen molar-refractivity contribution < 1.29 is 9.59 Å². The van der Waals surface area contributed by atoms with Gasteiger partial charge in [-0.15, -0.1) is 0 Å². The van der Waals surface area contributed by atoms with E-state index in [1.807, 2.05) is 20.8 Å². The van der Waals surface area contributed by atoms with Gasteiger partial charge in [0.1, 0.15) is 12.1 Å². The Labute approximate surface area is 73.3 Å². The zero-order valence-corrected chi connectivity index (χ0v) is 7.96. The van der Waals surface area contributed by atoms with Gasteiger partial charge in [-0.05, 0) is 11.3 Å². The van der Waals surface area contributed by atoms with Gasteiger partial charge in [0.15, 0.2) is 0 Å². The smallest absolute Gasteiger partial charge is 0.133 e. The molecule has 2 heteroatoms. The van der Waals surface area contributed by atoms with E-state index in [2.05, 4.69) is 0 Å². The summed E-state index contributed by atoms with van der Waals surface area (Å²) in [6.07, 6.45) is 2.14. The molecule has 0 aromatic carbocycles. The van der Waals surface area contributed by atoms with Crippen LogP contribution in [0.1, 0.15) is 33.6 Å². The van der Waals surface area contributed by atoms with Gasteiger partial charge in [0.25, 0.3) is 0 Å². The van der Waals surface area contributed by atoms with Gasteiger partial charge < -0.3 is 4.79 Å². The van der Waals surface area contributed by atoms with Gasteiger partial charge in [-0.3, -0.25) is 4.79 Å². The van der Waals surface area contributed by atoms with Crippen LogP contribution >= 0.6 is 0 Å². The number of rotatable bonds is 1. The van der Waals surface area contributed by atoms with Crippen molar-refractivity contribution in [2.75, 3.05) is 0 Å². The van der Waals surface area contributed by atoms with Crippen LogP contribution in [0.15, 0.2) is 0 Å². The first-order valence-electron chi connectivity index (χ1n) is 4.44. The number of ketones is 1. The molecule has 0 bridgehead atoms. The molecule has 12 heavy (non-hydrogen) atoms. The Bertz CT molecular complexity index is 206. The molecule has 0 aromatic heterocycles. The van der Waals surface area contributed by atoms with Gasteiger partial charge in [0, 0.05) is 18.8 Å². The van der Waals surface area contributed by atoms with Gasteiger partial charge in [-0.25, -0.2) is 0 Å². The number of carbonyl (C=O) groups excluding carboxylic acids is 2. The van der Waals surface area contributed by atoms with Crippen molar-refractivity contribution in [3.05, 3.63) is 0 Å². The van der Waals surface area contributed by atoms with Gasteiger partial charge in [-0.2, -0.15) is 0 Å². The molecule has 2 nitrogen and oxygen atoms in total. The molecule has 1 fully saturated rings. The number of carbonyl (C=O) groups is 2. The van der Waals surface area contributed by atoms with E-state index >= 15 is 0 Å². The lowest BCUT2D eigenvalue weighted by molar-refractivity contribution is -0.130. The van der Waals surface area contributed by atoms with Crippen LogP contribution in [0.5, 0.6) is 0 Å². The molecule has 2 atom stereocenters. The maximum absolute atomic E-state index is 11.2. The van der Waals surface area contributed by atoms with E-state index in [1.165, 1.54) is 0 Å². The van der Waals surface area contributed by atoms with Crippen molar-refractivity contribution >= 4 is 12.1 Å². The van der Waals surface area contributed by atoms with Crippen LogP contribution in [0.4, 0.5) is 0 Å². The lowest BCUT2D eigenvalue weighted by atomic mass is 9.64. The number of Topliss-reactive ketones (excluding diaryl/α,β-unsaturated/α-hetero) is 1. The highest BCUT2D eigenvalue weighted by molar-refractivity contribution is 5.81. The second kappa shape index (κ2) is 3.00.